The van der Waals surface area contributed by atoms with Gasteiger partial charge in [-0.3, -0.25) is 0 Å². The fraction of sp³-hybridized carbons (Fsp3) is 0.500. The van der Waals surface area contributed by atoms with Gasteiger partial charge in [0.2, 0.25) is 0 Å². The predicted molar refractivity (Wildman–Crippen MR) is 44.5 cm³/mol. The van der Waals surface area contributed by atoms with E-state index in [9.17, 15) is 0 Å². The van der Waals surface area contributed by atoms with Crippen molar-refractivity contribution < 1.29 is 0 Å². The molecule has 0 heterocycles. The van der Waals surface area contributed by atoms with E-state index in [1.165, 1.54) is 10.1 Å². The molecule has 9 heavy (non-hydrogen) atoms. The van der Waals surface area contributed by atoms with Crippen molar-refractivity contribution >= 4 is 15.9 Å². The zero-order valence-corrected chi connectivity index (χ0v) is 7.40. The van der Waals surface area contributed by atoms with Gasteiger partial charge in [0.1, 0.15) is 0 Å². The van der Waals surface area contributed by atoms with Crippen LogP contribution in [0.5, 0.6) is 0 Å². The van der Waals surface area contributed by atoms with E-state index in [-0.39, 0.29) is 0 Å². The first-order valence-corrected chi connectivity index (χ1v) is 4.06. The van der Waals surface area contributed by atoms with Gasteiger partial charge in [0.15, 0.2) is 0 Å². The van der Waals surface area contributed by atoms with Crippen LogP contribution in [0, 0.1) is 5.92 Å². The standard InChI is InChI=1S/C8H11Br/c1-6(2)7-4-3-5-8(7)9/h3-4,6H,5H2,1-2H3. The van der Waals surface area contributed by atoms with Crippen molar-refractivity contribution in [3.8, 4) is 0 Å². The van der Waals surface area contributed by atoms with Gasteiger partial charge in [-0.2, -0.15) is 0 Å². The molecule has 0 atom stereocenters. The second-order valence-electron chi connectivity index (χ2n) is 2.62. The molecule has 0 saturated carbocycles. The average molecular weight is 187 g/mol. The van der Waals surface area contributed by atoms with Crippen LogP contribution in [0.2, 0.25) is 0 Å². The molecule has 0 N–H and O–H groups in total. The first-order valence-electron chi connectivity index (χ1n) is 3.27. The highest BCUT2D eigenvalue weighted by atomic mass is 79.9. The Hall–Kier alpha value is -0.0400. The van der Waals surface area contributed by atoms with Crippen molar-refractivity contribution in [1.82, 2.24) is 0 Å². The summed E-state index contributed by atoms with van der Waals surface area (Å²) in [6.45, 7) is 4.43. The third-order valence-electron chi connectivity index (χ3n) is 1.53. The van der Waals surface area contributed by atoms with Gasteiger partial charge in [0.05, 0.1) is 0 Å². The Kier molecular flexibility index (Phi) is 2.12. The second kappa shape index (κ2) is 2.70. The van der Waals surface area contributed by atoms with Crippen LogP contribution in [0.25, 0.3) is 0 Å². The summed E-state index contributed by atoms with van der Waals surface area (Å²) in [5, 5.41) is 0. The van der Waals surface area contributed by atoms with E-state index in [0.29, 0.717) is 5.92 Å². The van der Waals surface area contributed by atoms with Gasteiger partial charge in [0.25, 0.3) is 0 Å². The van der Waals surface area contributed by atoms with E-state index < -0.39 is 0 Å². The van der Waals surface area contributed by atoms with Crippen LogP contribution >= 0.6 is 15.9 Å². The molecule has 0 spiro atoms. The van der Waals surface area contributed by atoms with E-state index in [4.69, 9.17) is 0 Å². The van der Waals surface area contributed by atoms with Crippen LogP contribution in [0.4, 0.5) is 0 Å². The second-order valence-corrected chi connectivity index (χ2v) is 3.58. The molecule has 0 aromatic carbocycles. The minimum absolute atomic E-state index is 0.665. The highest BCUT2D eigenvalue weighted by Gasteiger charge is 2.08. The van der Waals surface area contributed by atoms with E-state index in [2.05, 4.69) is 41.9 Å². The number of halogens is 1. The third kappa shape index (κ3) is 1.45. The van der Waals surface area contributed by atoms with Crippen LogP contribution in [-0.4, -0.2) is 0 Å². The Bertz CT molecular complexity index is 163. The summed E-state index contributed by atoms with van der Waals surface area (Å²) < 4.78 is 1.36. The molecule has 0 bridgehead atoms. The van der Waals surface area contributed by atoms with Crippen LogP contribution in [-0.2, 0) is 0 Å². The number of allylic oxidation sites excluding steroid dienone is 4. The monoisotopic (exact) mass is 186 g/mol. The highest BCUT2D eigenvalue weighted by Crippen LogP contribution is 2.28. The lowest BCUT2D eigenvalue weighted by Gasteiger charge is -2.03. The fourth-order valence-corrected chi connectivity index (χ4v) is 1.78. The Balaban J connectivity index is 2.77. The molecule has 0 aromatic rings. The van der Waals surface area contributed by atoms with E-state index in [1.807, 2.05) is 0 Å². The van der Waals surface area contributed by atoms with E-state index in [1.54, 1.807) is 0 Å². The number of rotatable bonds is 1. The van der Waals surface area contributed by atoms with Crippen molar-refractivity contribution in [1.29, 1.82) is 0 Å². The van der Waals surface area contributed by atoms with Crippen LogP contribution in [0.15, 0.2) is 22.2 Å². The average Bonchev–Trinajstić information content (AvgIpc) is 2.13. The quantitative estimate of drug-likeness (QED) is 0.591. The van der Waals surface area contributed by atoms with Gasteiger partial charge in [-0.05, 0) is 17.9 Å². The Labute approximate surface area is 64.8 Å². The summed E-state index contributed by atoms with van der Waals surface area (Å²) in [4.78, 5) is 0. The number of hydrogen-bond donors (Lipinski definition) is 0. The fourth-order valence-electron chi connectivity index (χ4n) is 1.00. The Morgan fingerprint density at radius 1 is 1.56 bits per heavy atom. The number of hydrogen-bond acceptors (Lipinski definition) is 0. The summed E-state index contributed by atoms with van der Waals surface area (Å²) in [6, 6.07) is 0. The molecule has 1 aliphatic carbocycles. The highest BCUT2D eigenvalue weighted by molar-refractivity contribution is 9.11. The molecule has 1 heteroatoms. The Morgan fingerprint density at radius 3 is 2.44 bits per heavy atom. The molecule has 50 valence electrons. The Morgan fingerprint density at radius 2 is 2.22 bits per heavy atom. The van der Waals surface area contributed by atoms with Crippen molar-refractivity contribution in [3.05, 3.63) is 22.2 Å². The molecule has 0 unspecified atom stereocenters. The SMILES string of the molecule is CC(C)C1=C(Br)CC=C1. The molecule has 0 aliphatic heterocycles. The first-order chi connectivity index (χ1) is 4.22. The lowest BCUT2D eigenvalue weighted by molar-refractivity contribution is 0.791. The molecular weight excluding hydrogens is 176 g/mol. The van der Waals surface area contributed by atoms with Crippen molar-refractivity contribution in [2.45, 2.75) is 20.3 Å². The molecule has 0 aromatic heterocycles. The summed E-state index contributed by atoms with van der Waals surface area (Å²) in [5.74, 6) is 0.665. The van der Waals surface area contributed by atoms with E-state index >= 15 is 0 Å². The van der Waals surface area contributed by atoms with Gasteiger partial charge < -0.3 is 0 Å². The first kappa shape index (κ1) is 7.07. The predicted octanol–water partition coefficient (Wildman–Crippen LogP) is 3.25. The molecule has 0 radical (unpaired) electrons. The summed E-state index contributed by atoms with van der Waals surface area (Å²) >= 11 is 3.52. The summed E-state index contributed by atoms with van der Waals surface area (Å²) in [6.07, 6.45) is 5.49. The third-order valence-corrected chi connectivity index (χ3v) is 2.31. The van der Waals surface area contributed by atoms with Crippen molar-refractivity contribution in [2.24, 2.45) is 5.92 Å². The summed E-state index contributed by atoms with van der Waals surface area (Å²) in [5.41, 5.74) is 1.45. The zero-order chi connectivity index (χ0) is 6.85. The van der Waals surface area contributed by atoms with Gasteiger partial charge in [-0.15, -0.1) is 0 Å². The van der Waals surface area contributed by atoms with Crippen molar-refractivity contribution in [3.63, 3.8) is 0 Å². The smallest absolute Gasteiger partial charge is 0.00229 e. The van der Waals surface area contributed by atoms with Gasteiger partial charge >= 0.3 is 0 Å². The minimum Gasteiger partial charge on any atom is -0.0793 e. The lowest BCUT2D eigenvalue weighted by atomic mass is 10.1. The van der Waals surface area contributed by atoms with Gasteiger partial charge in [-0.25, -0.2) is 0 Å². The van der Waals surface area contributed by atoms with Crippen LogP contribution in [0.3, 0.4) is 0 Å². The largest absolute Gasteiger partial charge is 0.0793 e. The summed E-state index contributed by atoms with van der Waals surface area (Å²) in [7, 11) is 0. The molecule has 1 aliphatic rings. The normalized spacial score (nSPS) is 18.2. The van der Waals surface area contributed by atoms with Crippen molar-refractivity contribution in [2.75, 3.05) is 0 Å². The maximum absolute atomic E-state index is 3.52. The molecule has 0 saturated heterocycles. The maximum atomic E-state index is 3.52. The molecule has 1 rings (SSSR count). The topological polar surface area (TPSA) is 0 Å². The molecule has 0 nitrogen and oxygen atoms in total. The van der Waals surface area contributed by atoms with E-state index in [0.717, 1.165) is 6.42 Å². The lowest BCUT2D eigenvalue weighted by Crippen LogP contribution is -1.88. The van der Waals surface area contributed by atoms with Crippen LogP contribution in [0.1, 0.15) is 20.3 Å². The van der Waals surface area contributed by atoms with Gasteiger partial charge in [0, 0.05) is 4.48 Å². The molecule has 0 amide bonds. The maximum Gasteiger partial charge on any atom is 0.00229 e. The van der Waals surface area contributed by atoms with Crippen LogP contribution < -0.4 is 0 Å². The zero-order valence-electron chi connectivity index (χ0n) is 5.82. The molecule has 0 fully saturated rings. The minimum atomic E-state index is 0.665. The van der Waals surface area contributed by atoms with Gasteiger partial charge in [-0.1, -0.05) is 41.9 Å². The molecular formula is C8H11Br.